The first-order valence-electron chi connectivity index (χ1n) is 6.61. The van der Waals surface area contributed by atoms with E-state index < -0.39 is 0 Å². The van der Waals surface area contributed by atoms with Gasteiger partial charge in [-0.25, -0.2) is 4.79 Å². The molecule has 4 nitrogen and oxygen atoms in total. The average molecular weight is 239 g/mol. The molecule has 0 spiro atoms. The van der Waals surface area contributed by atoms with Gasteiger partial charge in [0.15, 0.2) is 0 Å². The third-order valence-electron chi connectivity index (χ3n) is 3.54. The summed E-state index contributed by atoms with van der Waals surface area (Å²) in [6.45, 7) is 8.24. The van der Waals surface area contributed by atoms with Gasteiger partial charge in [-0.05, 0) is 27.2 Å². The van der Waals surface area contributed by atoms with Crippen molar-refractivity contribution < 1.29 is 4.79 Å². The van der Waals surface area contributed by atoms with Crippen molar-refractivity contribution in [2.45, 2.75) is 71.4 Å². The van der Waals surface area contributed by atoms with E-state index in [2.05, 4.69) is 11.9 Å². The molecule has 1 rings (SSSR count). The largest absolute Gasteiger partial charge is 0.385 e. The Hall–Kier alpha value is -1.06. The first kappa shape index (κ1) is 14.0. The van der Waals surface area contributed by atoms with Gasteiger partial charge in [-0.3, -0.25) is 0 Å². The smallest absolute Gasteiger partial charge is 0.346 e. The molecule has 0 radical (unpaired) electrons. The van der Waals surface area contributed by atoms with Gasteiger partial charge in [-0.15, -0.1) is 0 Å². The van der Waals surface area contributed by atoms with Crippen molar-refractivity contribution in [3.05, 3.63) is 0 Å². The van der Waals surface area contributed by atoms with Gasteiger partial charge in [-0.2, -0.15) is 4.99 Å². The third-order valence-corrected chi connectivity index (χ3v) is 3.54. The van der Waals surface area contributed by atoms with Crippen molar-refractivity contribution in [3.63, 3.8) is 0 Å². The summed E-state index contributed by atoms with van der Waals surface area (Å²) in [5.74, 6) is 0.479. The van der Waals surface area contributed by atoms with Gasteiger partial charge in [-0.1, -0.05) is 32.6 Å². The van der Waals surface area contributed by atoms with Crippen molar-refractivity contribution in [1.82, 2.24) is 4.90 Å². The van der Waals surface area contributed by atoms with Gasteiger partial charge in [0.05, 0.1) is 5.54 Å². The Morgan fingerprint density at radius 2 is 2.00 bits per heavy atom. The predicted octanol–water partition coefficient (Wildman–Crippen LogP) is 2.92. The topological polar surface area (TPSA) is 58.7 Å². The zero-order valence-corrected chi connectivity index (χ0v) is 11.5. The molecule has 1 aliphatic rings. The van der Waals surface area contributed by atoms with Crippen molar-refractivity contribution in [1.29, 1.82) is 0 Å². The molecule has 2 amide bonds. The molecule has 0 saturated carbocycles. The van der Waals surface area contributed by atoms with Crippen LogP contribution in [-0.2, 0) is 0 Å². The van der Waals surface area contributed by atoms with Gasteiger partial charge in [0.1, 0.15) is 5.84 Å². The quantitative estimate of drug-likeness (QED) is 0.724. The monoisotopic (exact) mass is 239 g/mol. The Bertz CT molecular complexity index is 312. The second kappa shape index (κ2) is 5.52. The second-order valence-electron chi connectivity index (χ2n) is 5.33. The van der Waals surface area contributed by atoms with Gasteiger partial charge in [0, 0.05) is 6.04 Å². The van der Waals surface area contributed by atoms with Gasteiger partial charge in [0.2, 0.25) is 0 Å². The molecular formula is C13H25N3O. The molecule has 1 atom stereocenters. The highest BCUT2D eigenvalue weighted by Crippen LogP contribution is 2.30. The highest BCUT2D eigenvalue weighted by Gasteiger charge is 2.45. The molecule has 1 unspecified atom stereocenters. The minimum absolute atomic E-state index is 0.142. The minimum Gasteiger partial charge on any atom is -0.385 e. The van der Waals surface area contributed by atoms with Gasteiger partial charge < -0.3 is 10.6 Å². The van der Waals surface area contributed by atoms with E-state index in [4.69, 9.17) is 5.73 Å². The maximum Gasteiger partial charge on any atom is 0.346 e. The Morgan fingerprint density at radius 1 is 1.35 bits per heavy atom. The zero-order valence-electron chi connectivity index (χ0n) is 11.5. The summed E-state index contributed by atoms with van der Waals surface area (Å²) in [6.07, 6.45) is 5.65. The number of hydrogen-bond donors (Lipinski definition) is 1. The summed E-state index contributed by atoms with van der Waals surface area (Å²) < 4.78 is 0. The summed E-state index contributed by atoms with van der Waals surface area (Å²) in [6, 6.07) is -0.0426. The lowest BCUT2D eigenvalue weighted by Crippen LogP contribution is -2.54. The number of aliphatic imine (C=N–C) groups is 1. The Balaban J connectivity index is 2.69. The number of hydrogen-bond acceptors (Lipinski definition) is 2. The van der Waals surface area contributed by atoms with Crippen molar-refractivity contribution >= 4 is 11.9 Å². The first-order chi connectivity index (χ1) is 7.93. The molecule has 4 heteroatoms. The minimum atomic E-state index is -0.376. The van der Waals surface area contributed by atoms with Crippen LogP contribution in [0.15, 0.2) is 4.99 Å². The normalized spacial score (nSPS) is 24.6. The lowest BCUT2D eigenvalue weighted by molar-refractivity contribution is 0.148. The molecule has 1 aliphatic heterocycles. The summed E-state index contributed by atoms with van der Waals surface area (Å²) in [4.78, 5) is 17.5. The number of carbonyl (C=O) groups is 1. The Kier molecular flexibility index (Phi) is 4.54. The Labute approximate surface area is 104 Å². The molecule has 0 aromatic heterocycles. The molecular weight excluding hydrogens is 214 g/mol. The lowest BCUT2D eigenvalue weighted by Gasteiger charge is -2.37. The fraction of sp³-hybridized carbons (Fsp3) is 0.846. The second-order valence-corrected chi connectivity index (χ2v) is 5.33. The SMILES string of the molecule is CCCCCCC1(C)C(N)=NC(=O)N1C(C)C. The van der Waals surface area contributed by atoms with E-state index in [1.165, 1.54) is 19.3 Å². The number of rotatable bonds is 6. The molecule has 0 aromatic rings. The maximum absolute atomic E-state index is 11.8. The molecule has 0 saturated heterocycles. The van der Waals surface area contributed by atoms with E-state index >= 15 is 0 Å². The van der Waals surface area contributed by atoms with E-state index in [-0.39, 0.29) is 17.6 Å². The van der Waals surface area contributed by atoms with Crippen LogP contribution in [-0.4, -0.2) is 28.3 Å². The van der Waals surface area contributed by atoms with Crippen molar-refractivity contribution in [3.8, 4) is 0 Å². The molecule has 0 bridgehead atoms. The summed E-state index contributed by atoms with van der Waals surface area (Å²) in [5.41, 5.74) is 5.56. The molecule has 0 aromatic carbocycles. The van der Waals surface area contributed by atoms with Crippen LogP contribution in [0.25, 0.3) is 0 Å². The van der Waals surface area contributed by atoms with Crippen LogP contribution < -0.4 is 5.73 Å². The highest BCUT2D eigenvalue weighted by atomic mass is 16.2. The molecule has 1 heterocycles. The number of carbonyl (C=O) groups excluding carboxylic acids is 1. The van der Waals surface area contributed by atoms with Crippen LogP contribution in [0, 0.1) is 0 Å². The van der Waals surface area contributed by atoms with E-state index in [1.807, 2.05) is 25.7 Å². The van der Waals surface area contributed by atoms with Crippen molar-refractivity contribution in [2.75, 3.05) is 0 Å². The number of urea groups is 1. The number of unbranched alkanes of at least 4 members (excludes halogenated alkanes) is 3. The van der Waals surface area contributed by atoms with Crippen LogP contribution in [0.2, 0.25) is 0 Å². The van der Waals surface area contributed by atoms with Gasteiger partial charge >= 0.3 is 6.03 Å². The standard InChI is InChI=1S/C13H25N3O/c1-5-6-7-8-9-13(4)11(14)15-12(17)16(13)10(2)3/h10H,5-9H2,1-4H3,(H2,14,15,17). The van der Waals surface area contributed by atoms with E-state index in [0.29, 0.717) is 5.84 Å². The average Bonchev–Trinajstić information content (AvgIpc) is 2.45. The number of nitrogens with zero attached hydrogens (tertiary/aromatic N) is 2. The fourth-order valence-corrected chi connectivity index (χ4v) is 2.55. The van der Waals surface area contributed by atoms with E-state index in [0.717, 1.165) is 12.8 Å². The molecule has 2 N–H and O–H groups in total. The molecule has 98 valence electrons. The Morgan fingerprint density at radius 3 is 2.53 bits per heavy atom. The maximum atomic E-state index is 11.8. The molecule has 0 fully saturated rings. The van der Waals surface area contributed by atoms with Gasteiger partial charge in [0.25, 0.3) is 0 Å². The summed E-state index contributed by atoms with van der Waals surface area (Å²) in [7, 11) is 0. The zero-order chi connectivity index (χ0) is 13.1. The van der Waals surface area contributed by atoms with Crippen LogP contribution >= 0.6 is 0 Å². The summed E-state index contributed by atoms with van der Waals surface area (Å²) in [5, 5.41) is 0. The van der Waals surface area contributed by atoms with Crippen molar-refractivity contribution in [2.24, 2.45) is 10.7 Å². The molecule has 17 heavy (non-hydrogen) atoms. The summed E-state index contributed by atoms with van der Waals surface area (Å²) >= 11 is 0. The van der Waals surface area contributed by atoms with E-state index in [1.54, 1.807) is 0 Å². The number of amides is 2. The third kappa shape index (κ3) is 2.79. The fourth-order valence-electron chi connectivity index (χ4n) is 2.55. The first-order valence-corrected chi connectivity index (χ1v) is 6.61. The van der Waals surface area contributed by atoms with Crippen LogP contribution in [0.3, 0.4) is 0 Å². The van der Waals surface area contributed by atoms with Crippen LogP contribution in [0.1, 0.15) is 59.8 Å². The molecule has 0 aliphatic carbocycles. The number of nitrogens with two attached hydrogens (primary N) is 1. The van der Waals surface area contributed by atoms with Crippen LogP contribution in [0.5, 0.6) is 0 Å². The van der Waals surface area contributed by atoms with Crippen LogP contribution in [0.4, 0.5) is 4.79 Å². The number of amidine groups is 1. The predicted molar refractivity (Wildman–Crippen MR) is 71.2 cm³/mol. The highest BCUT2D eigenvalue weighted by molar-refractivity contribution is 6.05. The van der Waals surface area contributed by atoms with E-state index in [9.17, 15) is 4.79 Å². The lowest BCUT2D eigenvalue weighted by atomic mass is 9.91.